The van der Waals surface area contributed by atoms with Crippen molar-refractivity contribution < 1.29 is 9.47 Å². The molecule has 0 spiro atoms. The number of rotatable bonds is 7. The van der Waals surface area contributed by atoms with E-state index in [9.17, 15) is 0 Å². The van der Waals surface area contributed by atoms with Crippen LogP contribution >= 0.6 is 0 Å². The van der Waals surface area contributed by atoms with E-state index in [-0.39, 0.29) is 0 Å². The van der Waals surface area contributed by atoms with Gasteiger partial charge in [0.25, 0.3) is 0 Å². The van der Waals surface area contributed by atoms with E-state index in [4.69, 9.17) is 9.47 Å². The van der Waals surface area contributed by atoms with Gasteiger partial charge in [0, 0.05) is 21.8 Å². The van der Waals surface area contributed by atoms with E-state index in [1.807, 2.05) is 0 Å². The first kappa shape index (κ1) is 12.1. The zero-order chi connectivity index (χ0) is 9.45. The van der Waals surface area contributed by atoms with Crippen LogP contribution in [-0.2, 0) is 9.47 Å². The van der Waals surface area contributed by atoms with Crippen molar-refractivity contribution in [2.24, 2.45) is 0 Å². The third-order valence-electron chi connectivity index (χ3n) is 1.65. The second-order valence-electron chi connectivity index (χ2n) is 4.27. The Kier molecular flexibility index (Phi) is 6.71. The molecule has 0 aromatic rings. The van der Waals surface area contributed by atoms with Crippen LogP contribution in [0.2, 0.25) is 25.7 Å². The van der Waals surface area contributed by atoms with Crippen LogP contribution in [0.25, 0.3) is 0 Å². The van der Waals surface area contributed by atoms with Crippen molar-refractivity contribution in [1.29, 1.82) is 0 Å². The molecule has 74 valence electrons. The van der Waals surface area contributed by atoms with E-state index in [1.165, 1.54) is 12.5 Å². The molecular weight excluding hydrogens is 168 g/mol. The molecule has 3 heteroatoms. The highest BCUT2D eigenvalue weighted by Gasteiger charge is 2.11. The molecule has 2 nitrogen and oxygen atoms in total. The molecule has 0 N–H and O–H groups in total. The lowest BCUT2D eigenvalue weighted by molar-refractivity contribution is 0.0709. The van der Waals surface area contributed by atoms with Gasteiger partial charge >= 0.3 is 0 Å². The lowest BCUT2D eigenvalue weighted by atomic mass is 10.5. The lowest BCUT2D eigenvalue weighted by Crippen LogP contribution is -2.19. The average Bonchev–Trinajstić information content (AvgIpc) is 1.94. The fraction of sp³-hybridized carbons (Fsp3) is 1.00. The van der Waals surface area contributed by atoms with E-state index >= 15 is 0 Å². The summed E-state index contributed by atoms with van der Waals surface area (Å²) in [6.45, 7) is 9.52. The molecule has 0 fully saturated rings. The molecule has 0 bridgehead atoms. The Bertz CT molecular complexity index is 99.2. The smallest absolute Gasteiger partial charge is 0.0700 e. The van der Waals surface area contributed by atoms with Crippen LogP contribution in [-0.4, -0.2) is 35.0 Å². The summed E-state index contributed by atoms with van der Waals surface area (Å²) in [4.78, 5) is 0. The third kappa shape index (κ3) is 10.1. The van der Waals surface area contributed by atoms with Gasteiger partial charge in [0.2, 0.25) is 0 Å². The van der Waals surface area contributed by atoms with Gasteiger partial charge in [-0.2, -0.15) is 0 Å². The maximum Gasteiger partial charge on any atom is 0.0700 e. The van der Waals surface area contributed by atoms with E-state index in [0.29, 0.717) is 6.61 Å². The lowest BCUT2D eigenvalue weighted by Gasteiger charge is -2.14. The van der Waals surface area contributed by atoms with Crippen molar-refractivity contribution in [2.75, 3.05) is 26.9 Å². The second kappa shape index (κ2) is 6.63. The predicted molar refractivity (Wildman–Crippen MR) is 55.5 cm³/mol. The topological polar surface area (TPSA) is 18.5 Å². The Morgan fingerprint density at radius 3 is 2.17 bits per heavy atom. The first-order chi connectivity index (χ1) is 5.56. The van der Waals surface area contributed by atoms with Crippen molar-refractivity contribution in [2.45, 2.75) is 32.1 Å². The Hall–Kier alpha value is 0.137. The normalized spacial score (nSPS) is 12.0. The molecule has 0 saturated carbocycles. The molecule has 0 saturated heterocycles. The molecule has 0 radical (unpaired) electrons. The molecule has 0 rings (SSSR count). The molecule has 0 atom stereocenters. The van der Waals surface area contributed by atoms with E-state index in [2.05, 4.69) is 19.6 Å². The third-order valence-corrected chi connectivity index (χ3v) is 3.50. The molecular formula is C9H22O2Si. The number of hydrogen-bond donors (Lipinski definition) is 0. The van der Waals surface area contributed by atoms with Crippen molar-refractivity contribution in [3.05, 3.63) is 0 Å². The zero-order valence-electron chi connectivity index (χ0n) is 8.85. The Balaban J connectivity index is 3.01. The minimum absolute atomic E-state index is 0.715. The van der Waals surface area contributed by atoms with Crippen molar-refractivity contribution in [3.8, 4) is 0 Å². The zero-order valence-corrected chi connectivity index (χ0v) is 9.85. The molecule has 0 aliphatic rings. The molecule has 0 aromatic heterocycles. The fourth-order valence-corrected chi connectivity index (χ4v) is 2.15. The highest BCUT2D eigenvalue weighted by molar-refractivity contribution is 6.76. The minimum atomic E-state index is -0.837. The summed E-state index contributed by atoms with van der Waals surface area (Å²) in [5.74, 6) is 0. The standard InChI is InChI=1S/C9H22O2Si/c1-10-7-8-11-6-5-9-12(2,3)4/h5-9H2,1-4H3. The van der Waals surface area contributed by atoms with Crippen LogP contribution in [0.1, 0.15) is 6.42 Å². The predicted octanol–water partition coefficient (Wildman–Crippen LogP) is 2.38. The Morgan fingerprint density at radius 2 is 1.67 bits per heavy atom. The van der Waals surface area contributed by atoms with Gasteiger partial charge in [-0.3, -0.25) is 0 Å². The van der Waals surface area contributed by atoms with E-state index < -0.39 is 8.07 Å². The number of hydrogen-bond acceptors (Lipinski definition) is 2. The first-order valence-electron chi connectivity index (χ1n) is 4.63. The highest BCUT2D eigenvalue weighted by Crippen LogP contribution is 2.10. The average molecular weight is 190 g/mol. The minimum Gasteiger partial charge on any atom is -0.382 e. The fourth-order valence-electron chi connectivity index (χ4n) is 0.949. The molecule has 0 unspecified atom stereocenters. The molecule has 0 aliphatic carbocycles. The summed E-state index contributed by atoms with van der Waals surface area (Å²) in [5.41, 5.74) is 0. The van der Waals surface area contributed by atoms with Crippen LogP contribution in [0.5, 0.6) is 0 Å². The van der Waals surface area contributed by atoms with Crippen LogP contribution in [0, 0.1) is 0 Å². The number of methoxy groups -OCH3 is 1. The van der Waals surface area contributed by atoms with Gasteiger partial charge in [0.1, 0.15) is 0 Å². The monoisotopic (exact) mass is 190 g/mol. The molecule has 0 amide bonds. The number of ether oxygens (including phenoxy) is 2. The van der Waals surface area contributed by atoms with Crippen LogP contribution in [0.4, 0.5) is 0 Å². The summed E-state index contributed by atoms with van der Waals surface area (Å²) in [5, 5.41) is 0. The summed E-state index contributed by atoms with van der Waals surface area (Å²) in [7, 11) is 0.863. The SMILES string of the molecule is COCCOCCC[Si](C)(C)C. The second-order valence-corrected chi connectivity index (χ2v) is 9.89. The summed E-state index contributed by atoms with van der Waals surface area (Å²) >= 11 is 0. The van der Waals surface area contributed by atoms with Crippen LogP contribution < -0.4 is 0 Å². The van der Waals surface area contributed by atoms with Gasteiger partial charge in [-0.05, 0) is 6.42 Å². The van der Waals surface area contributed by atoms with Crippen molar-refractivity contribution >= 4 is 8.07 Å². The summed E-state index contributed by atoms with van der Waals surface area (Å²) in [6.07, 6.45) is 1.21. The van der Waals surface area contributed by atoms with Crippen LogP contribution in [0.15, 0.2) is 0 Å². The Morgan fingerprint density at radius 1 is 1.00 bits per heavy atom. The van der Waals surface area contributed by atoms with Gasteiger partial charge in [0.15, 0.2) is 0 Å². The molecule has 0 aliphatic heterocycles. The summed E-state index contributed by atoms with van der Waals surface area (Å²) < 4.78 is 10.2. The Labute approximate surface area is 77.3 Å². The van der Waals surface area contributed by atoms with Gasteiger partial charge in [-0.1, -0.05) is 25.7 Å². The highest BCUT2D eigenvalue weighted by atomic mass is 28.3. The van der Waals surface area contributed by atoms with Gasteiger partial charge < -0.3 is 9.47 Å². The quantitative estimate of drug-likeness (QED) is 0.453. The van der Waals surface area contributed by atoms with E-state index in [0.717, 1.165) is 13.2 Å². The van der Waals surface area contributed by atoms with Crippen molar-refractivity contribution in [3.63, 3.8) is 0 Å². The van der Waals surface area contributed by atoms with Gasteiger partial charge in [0.05, 0.1) is 13.2 Å². The molecule has 12 heavy (non-hydrogen) atoms. The maximum atomic E-state index is 5.37. The van der Waals surface area contributed by atoms with Crippen LogP contribution in [0.3, 0.4) is 0 Å². The van der Waals surface area contributed by atoms with Gasteiger partial charge in [-0.25, -0.2) is 0 Å². The molecule has 0 heterocycles. The molecule has 0 aromatic carbocycles. The van der Waals surface area contributed by atoms with Gasteiger partial charge in [-0.15, -0.1) is 0 Å². The largest absolute Gasteiger partial charge is 0.382 e. The summed E-state index contributed by atoms with van der Waals surface area (Å²) in [6, 6.07) is 1.36. The van der Waals surface area contributed by atoms with Crippen molar-refractivity contribution in [1.82, 2.24) is 0 Å². The first-order valence-corrected chi connectivity index (χ1v) is 8.33. The maximum absolute atomic E-state index is 5.37. The van der Waals surface area contributed by atoms with E-state index in [1.54, 1.807) is 7.11 Å².